The van der Waals surface area contributed by atoms with E-state index in [0.717, 1.165) is 50.1 Å². The number of nitriles is 1. The van der Waals surface area contributed by atoms with Crippen LogP contribution in [-0.4, -0.2) is 122 Å². The van der Waals surface area contributed by atoms with Crippen LogP contribution in [0.25, 0.3) is 11.1 Å². The van der Waals surface area contributed by atoms with E-state index in [2.05, 4.69) is 73.0 Å². The molecule has 7 aromatic carbocycles. The van der Waals surface area contributed by atoms with E-state index >= 15 is 0 Å². The first-order valence-electron chi connectivity index (χ1n) is 32.0. The van der Waals surface area contributed by atoms with E-state index in [-0.39, 0.29) is 94.0 Å². The van der Waals surface area contributed by atoms with E-state index in [1.54, 1.807) is 69.8 Å². The number of nitrogens with zero attached hydrogens (tertiary/aromatic N) is 5. The van der Waals surface area contributed by atoms with Gasteiger partial charge in [0.05, 0.1) is 52.6 Å². The van der Waals surface area contributed by atoms with Crippen LogP contribution < -0.4 is 25.2 Å². The molecule has 1 fully saturated rings. The van der Waals surface area contributed by atoms with Gasteiger partial charge in [0.1, 0.15) is 60.0 Å². The van der Waals surface area contributed by atoms with Crippen LogP contribution in [0.4, 0.5) is 15.4 Å². The molecule has 0 saturated carbocycles. The number of aromatic nitrogens is 2. The molecule has 10 rings (SSSR count). The van der Waals surface area contributed by atoms with E-state index < -0.39 is 56.4 Å². The first-order chi connectivity index (χ1) is 46.5. The van der Waals surface area contributed by atoms with Gasteiger partial charge in [-0.15, -0.1) is 0 Å². The molecule has 1 saturated heterocycles. The Morgan fingerprint density at radius 1 is 0.708 bits per heavy atom. The van der Waals surface area contributed by atoms with Crippen molar-refractivity contribution < 1.29 is 61.4 Å². The number of benzene rings is 7. The highest BCUT2D eigenvalue weighted by Crippen LogP contribution is 2.51. The number of nitrogens with one attached hydrogen (secondary N) is 1. The lowest BCUT2D eigenvalue weighted by Gasteiger charge is -2.39. The highest BCUT2D eigenvalue weighted by molar-refractivity contribution is 7.44. The quantitative estimate of drug-likeness (QED) is 0.0145. The summed E-state index contributed by atoms with van der Waals surface area (Å²) in [7, 11) is 3.03. The van der Waals surface area contributed by atoms with Crippen molar-refractivity contribution in [3.63, 3.8) is 0 Å². The molecule has 0 radical (unpaired) electrons. The van der Waals surface area contributed by atoms with Crippen LogP contribution in [0.3, 0.4) is 0 Å². The summed E-state index contributed by atoms with van der Waals surface area (Å²) in [6.07, 6.45) is -1.17. The van der Waals surface area contributed by atoms with Gasteiger partial charge in [-0.05, 0) is 139 Å². The molecule has 4 atom stereocenters. The summed E-state index contributed by atoms with van der Waals surface area (Å²) in [4.78, 5) is 71.9. The molecule has 498 valence electrons. The third-order valence-corrected chi connectivity index (χ3v) is 19.0. The van der Waals surface area contributed by atoms with Gasteiger partial charge in [-0.1, -0.05) is 127 Å². The van der Waals surface area contributed by atoms with Gasteiger partial charge in [-0.3, -0.25) is 14.2 Å². The number of ketones is 1. The number of rotatable bonds is 30. The van der Waals surface area contributed by atoms with Gasteiger partial charge < -0.3 is 52.4 Å². The number of carbonyl (C=O) groups excluding carboxylic acids is 4. The first-order valence-corrected chi connectivity index (χ1v) is 33.1. The minimum absolute atomic E-state index is 0.000788. The summed E-state index contributed by atoms with van der Waals surface area (Å²) in [6, 6.07) is 58.6. The average Bonchev–Trinajstić information content (AvgIpc) is 1.21. The predicted molar refractivity (Wildman–Crippen MR) is 363 cm³/mol. The van der Waals surface area contributed by atoms with Crippen molar-refractivity contribution in [2.75, 3.05) is 59.6 Å². The number of anilines is 1. The topological polar surface area (TPSA) is 229 Å². The lowest BCUT2D eigenvalue weighted by atomic mass is 9.80. The number of methoxy groups -OCH3 is 2. The molecule has 20 nitrogen and oxygen atoms in total. The summed E-state index contributed by atoms with van der Waals surface area (Å²) in [5.74, 6) is 0.999. The minimum Gasteiger partial charge on any atom is -0.497 e. The van der Waals surface area contributed by atoms with Crippen LogP contribution in [0.15, 0.2) is 193 Å². The van der Waals surface area contributed by atoms with Crippen molar-refractivity contribution in [1.82, 2.24) is 19.1 Å². The molecule has 0 spiro atoms. The molecule has 2 heterocycles. The maximum absolute atomic E-state index is 14.1. The van der Waals surface area contributed by atoms with Crippen molar-refractivity contribution in [2.45, 2.75) is 102 Å². The van der Waals surface area contributed by atoms with Crippen molar-refractivity contribution in [3.05, 3.63) is 243 Å². The highest BCUT2D eigenvalue weighted by Gasteiger charge is 2.45. The SMILES string of the molecule is COc1ccc(C(OCC2OC(n3ccc(NC(=O)c4ccc(CCC(=O)Cc5ccc(OC(=O)OCCN(C)C(=O)OCC6c7ccccc7-c7ccccc76)cc5)cc4)nc3=O)CC2OP(OCCC#N)N(C(C)C)C(C)C)(c2ccccc2)c2ccc(OC)cc2)cc1. The molecule has 8 aromatic rings. The minimum atomic E-state index is -1.77. The molecular weight excluding hydrogens is 1240 g/mol. The van der Waals surface area contributed by atoms with Crippen molar-refractivity contribution in [1.29, 1.82) is 5.26 Å². The van der Waals surface area contributed by atoms with Crippen molar-refractivity contribution in [2.24, 2.45) is 0 Å². The zero-order chi connectivity index (χ0) is 67.7. The third-order valence-electron chi connectivity index (χ3n) is 16.8. The van der Waals surface area contributed by atoms with E-state index in [4.69, 9.17) is 42.2 Å². The number of aryl methyl sites for hydroxylation is 1. The van der Waals surface area contributed by atoms with Gasteiger partial charge in [0, 0.05) is 56.1 Å². The Hall–Kier alpha value is -9.58. The Kier molecular flexibility index (Phi) is 23.6. The van der Waals surface area contributed by atoms with Gasteiger partial charge in [-0.25, -0.2) is 19.1 Å². The Balaban J connectivity index is 0.729. The summed E-state index contributed by atoms with van der Waals surface area (Å²) in [6.45, 7) is 8.47. The normalized spacial score (nSPS) is 15.3. The van der Waals surface area contributed by atoms with Crippen molar-refractivity contribution in [3.8, 4) is 34.4 Å². The third kappa shape index (κ3) is 16.9. The van der Waals surface area contributed by atoms with Gasteiger partial charge in [0.15, 0.2) is 0 Å². The fourth-order valence-electron chi connectivity index (χ4n) is 12.0. The molecule has 0 bridgehead atoms. The summed E-state index contributed by atoms with van der Waals surface area (Å²) < 4.78 is 58.5. The van der Waals surface area contributed by atoms with E-state index in [9.17, 15) is 29.2 Å². The van der Waals surface area contributed by atoms with Crippen molar-refractivity contribution >= 4 is 38.3 Å². The Bertz CT molecular complexity index is 3930. The smallest absolute Gasteiger partial charge is 0.497 e. The lowest BCUT2D eigenvalue weighted by Crippen LogP contribution is -2.39. The van der Waals surface area contributed by atoms with Crippen LogP contribution in [0, 0.1) is 11.3 Å². The molecule has 2 aliphatic rings. The number of fused-ring (bicyclic) bond motifs is 3. The molecule has 1 aliphatic carbocycles. The molecule has 4 unspecified atom stereocenters. The number of ether oxygens (including phenoxy) is 7. The van der Waals surface area contributed by atoms with E-state index in [1.807, 2.05) is 103 Å². The van der Waals surface area contributed by atoms with Crippen LogP contribution >= 0.6 is 8.53 Å². The van der Waals surface area contributed by atoms with Crippen LogP contribution in [0.1, 0.15) is 108 Å². The zero-order valence-electron chi connectivity index (χ0n) is 54.8. The summed E-state index contributed by atoms with van der Waals surface area (Å²) in [5.41, 5.74) is 6.92. The number of hydrogen-bond acceptors (Lipinski definition) is 17. The van der Waals surface area contributed by atoms with E-state index in [0.29, 0.717) is 23.5 Å². The molecule has 1 aliphatic heterocycles. The molecule has 1 N–H and O–H groups in total. The Labute approximate surface area is 560 Å². The number of carbonyl (C=O) groups is 4. The number of amides is 2. The first kappa shape index (κ1) is 69.3. The molecule has 21 heteroatoms. The second-order valence-corrected chi connectivity index (χ2v) is 25.2. The predicted octanol–water partition coefficient (Wildman–Crippen LogP) is 13.6. The molecule has 1 aromatic heterocycles. The van der Waals surface area contributed by atoms with Crippen LogP contribution in [-0.2, 0) is 51.2 Å². The average molecular weight is 1320 g/mol. The fourth-order valence-corrected chi connectivity index (χ4v) is 13.8. The summed E-state index contributed by atoms with van der Waals surface area (Å²) >= 11 is 0. The van der Waals surface area contributed by atoms with Gasteiger partial charge in [-0.2, -0.15) is 10.2 Å². The second-order valence-electron chi connectivity index (χ2n) is 23.8. The van der Waals surface area contributed by atoms with Gasteiger partial charge in [0.25, 0.3) is 14.4 Å². The maximum Gasteiger partial charge on any atom is 0.513 e. The lowest BCUT2D eigenvalue weighted by molar-refractivity contribution is -0.118. The zero-order valence-corrected chi connectivity index (χ0v) is 55.7. The monoisotopic (exact) mass is 1320 g/mol. The highest BCUT2D eigenvalue weighted by atomic mass is 31.2. The van der Waals surface area contributed by atoms with Gasteiger partial charge in [0.2, 0.25) is 0 Å². The number of likely N-dealkylation sites (N-methyl/N-ethyl adjacent to an activating group) is 1. The summed E-state index contributed by atoms with van der Waals surface area (Å²) in [5, 5.41) is 12.3. The molecular formula is C75H79N6O14P. The van der Waals surface area contributed by atoms with Crippen LogP contribution in [0.2, 0.25) is 0 Å². The Morgan fingerprint density at radius 3 is 1.89 bits per heavy atom. The number of hydrogen-bond donors (Lipinski definition) is 1. The van der Waals surface area contributed by atoms with E-state index in [1.165, 1.54) is 21.7 Å². The molecule has 96 heavy (non-hydrogen) atoms. The maximum atomic E-state index is 14.1. The van der Waals surface area contributed by atoms with Gasteiger partial charge >= 0.3 is 17.9 Å². The molecule has 2 amide bonds. The largest absolute Gasteiger partial charge is 0.513 e. The fraction of sp³-hybridized carbons (Fsp3) is 0.320. The Morgan fingerprint density at radius 2 is 1.29 bits per heavy atom. The van der Waals surface area contributed by atoms with Crippen LogP contribution in [0.5, 0.6) is 17.2 Å². The standard InChI is InChI=1S/C75H79N6O14P/c1-50(2)81(51(3)4)96(92-44-15-41-76)95-67-47-70(94-68(67)49-91-75(55-16-9-8-10-17-55,56-29-36-59(87-6)37-30-56)57-31-38-60(88-7)39-32-57)80-42-40-69(78-72(80)84)77-71(83)54-27-22-52(23-28-54)24-33-58(82)46-53-25-34-61(35-26-53)93-74(86)89-45-43-79(5)73(85)90-48-66-64-20-13-11-18-62(64)63-19-12-14-21-65(63)66/h8-14,16-23,25-32,34-40,42,50-51,66-68,70H,15,24,33,43-49H2,1-7H3,(H,77,78,83,84). The second kappa shape index (κ2) is 32.7. The number of Topliss-reactive ketones (excluding diaryl/α,β-unsaturated/α-hetero) is 1.